The zero-order valence-corrected chi connectivity index (χ0v) is 10.9. The van der Waals surface area contributed by atoms with Crippen LogP contribution in [0.1, 0.15) is 25.3 Å². The van der Waals surface area contributed by atoms with Crippen molar-refractivity contribution in [1.29, 1.82) is 0 Å². The van der Waals surface area contributed by atoms with Crippen LogP contribution in [0.25, 0.3) is 0 Å². The molecule has 92 valence electrons. The molecular weight excluding hydrogens is 264 g/mol. The zero-order valence-electron chi connectivity index (χ0n) is 9.34. The third-order valence-corrected chi connectivity index (χ3v) is 3.70. The molecule has 1 aliphatic heterocycles. The standard InChI is InChI=1S/C12H12Cl2FNO/c1-7-2-3-12(17)16(7)6-8-4-11(15)10(14)5-9(8)13/h4-5,7H,2-3,6H2,1H3. The van der Waals surface area contributed by atoms with E-state index in [1.165, 1.54) is 12.1 Å². The Morgan fingerprint density at radius 1 is 1.41 bits per heavy atom. The molecule has 1 saturated heterocycles. The molecule has 1 aliphatic rings. The average Bonchev–Trinajstić information content (AvgIpc) is 2.57. The SMILES string of the molecule is CC1CCC(=O)N1Cc1cc(F)c(Cl)cc1Cl. The van der Waals surface area contributed by atoms with Crippen LogP contribution in [-0.2, 0) is 11.3 Å². The lowest BCUT2D eigenvalue weighted by Crippen LogP contribution is -2.30. The molecule has 0 spiro atoms. The first-order valence-corrected chi connectivity index (χ1v) is 6.17. The van der Waals surface area contributed by atoms with Crippen LogP contribution in [0.3, 0.4) is 0 Å². The van der Waals surface area contributed by atoms with E-state index in [9.17, 15) is 9.18 Å². The van der Waals surface area contributed by atoms with Crippen molar-refractivity contribution in [3.8, 4) is 0 Å². The summed E-state index contributed by atoms with van der Waals surface area (Å²) in [6, 6.07) is 2.85. The smallest absolute Gasteiger partial charge is 0.223 e. The number of carbonyl (C=O) groups is 1. The largest absolute Gasteiger partial charge is 0.336 e. The molecule has 1 unspecified atom stereocenters. The zero-order chi connectivity index (χ0) is 12.6. The molecule has 0 bridgehead atoms. The van der Waals surface area contributed by atoms with Crippen LogP contribution in [0.2, 0.25) is 10.0 Å². The molecule has 0 aliphatic carbocycles. The van der Waals surface area contributed by atoms with Crippen molar-refractivity contribution in [3.63, 3.8) is 0 Å². The Morgan fingerprint density at radius 3 is 2.71 bits per heavy atom. The first kappa shape index (κ1) is 12.7. The van der Waals surface area contributed by atoms with E-state index in [1.54, 1.807) is 4.90 Å². The second kappa shape index (κ2) is 4.83. The molecule has 0 radical (unpaired) electrons. The quantitative estimate of drug-likeness (QED) is 0.755. The maximum Gasteiger partial charge on any atom is 0.223 e. The number of likely N-dealkylation sites (tertiary alicyclic amines) is 1. The van der Waals surface area contributed by atoms with Gasteiger partial charge in [0.25, 0.3) is 0 Å². The number of rotatable bonds is 2. The lowest BCUT2D eigenvalue weighted by molar-refractivity contribution is -0.129. The van der Waals surface area contributed by atoms with Crippen molar-refractivity contribution >= 4 is 29.1 Å². The van der Waals surface area contributed by atoms with E-state index in [4.69, 9.17) is 23.2 Å². The maximum atomic E-state index is 13.3. The highest BCUT2D eigenvalue weighted by Gasteiger charge is 2.28. The third-order valence-electron chi connectivity index (χ3n) is 3.06. The molecule has 1 fully saturated rings. The van der Waals surface area contributed by atoms with Crippen LogP contribution in [0, 0.1) is 5.82 Å². The van der Waals surface area contributed by atoms with Crippen LogP contribution < -0.4 is 0 Å². The van der Waals surface area contributed by atoms with Gasteiger partial charge in [-0.15, -0.1) is 0 Å². The van der Waals surface area contributed by atoms with Gasteiger partial charge < -0.3 is 4.90 Å². The summed E-state index contributed by atoms with van der Waals surface area (Å²) in [6.07, 6.45) is 1.39. The molecule has 1 atom stereocenters. The Morgan fingerprint density at radius 2 is 2.12 bits per heavy atom. The highest BCUT2D eigenvalue weighted by atomic mass is 35.5. The minimum absolute atomic E-state index is 0.000420. The van der Waals surface area contributed by atoms with Crippen molar-refractivity contribution in [2.45, 2.75) is 32.4 Å². The number of benzene rings is 1. The number of hydrogen-bond acceptors (Lipinski definition) is 1. The summed E-state index contributed by atoms with van der Waals surface area (Å²) >= 11 is 11.6. The van der Waals surface area contributed by atoms with Gasteiger partial charge >= 0.3 is 0 Å². The first-order chi connectivity index (χ1) is 7.99. The van der Waals surface area contributed by atoms with Crippen LogP contribution in [-0.4, -0.2) is 16.8 Å². The molecule has 2 rings (SSSR count). The predicted molar refractivity (Wildman–Crippen MR) is 65.7 cm³/mol. The molecule has 2 nitrogen and oxygen atoms in total. The predicted octanol–water partition coefficient (Wildman–Crippen LogP) is 3.64. The number of nitrogens with zero attached hydrogens (tertiary/aromatic N) is 1. The van der Waals surface area contributed by atoms with E-state index in [1.807, 2.05) is 6.92 Å². The van der Waals surface area contributed by atoms with Gasteiger partial charge in [-0.05, 0) is 31.0 Å². The highest BCUT2D eigenvalue weighted by Crippen LogP contribution is 2.28. The van der Waals surface area contributed by atoms with E-state index >= 15 is 0 Å². The number of hydrogen-bond donors (Lipinski definition) is 0. The van der Waals surface area contributed by atoms with E-state index in [0.717, 1.165) is 6.42 Å². The van der Waals surface area contributed by atoms with Gasteiger partial charge in [0, 0.05) is 24.0 Å². The minimum Gasteiger partial charge on any atom is -0.336 e. The summed E-state index contributed by atoms with van der Waals surface area (Å²) in [6.45, 7) is 2.32. The molecule has 1 amide bonds. The second-order valence-electron chi connectivity index (χ2n) is 4.27. The Bertz CT molecular complexity index is 464. The molecular formula is C12H12Cl2FNO. The van der Waals surface area contributed by atoms with Gasteiger partial charge in [-0.3, -0.25) is 4.79 Å². The first-order valence-electron chi connectivity index (χ1n) is 5.42. The fraction of sp³-hybridized carbons (Fsp3) is 0.417. The molecule has 1 aromatic rings. The molecule has 1 aromatic carbocycles. The summed E-state index contributed by atoms with van der Waals surface area (Å²) in [5.41, 5.74) is 0.593. The summed E-state index contributed by atoms with van der Waals surface area (Å²) in [5.74, 6) is -0.422. The van der Waals surface area contributed by atoms with Crippen LogP contribution in [0.5, 0.6) is 0 Å². The monoisotopic (exact) mass is 275 g/mol. The number of carbonyl (C=O) groups excluding carboxylic acids is 1. The minimum atomic E-state index is -0.509. The van der Waals surface area contributed by atoms with Gasteiger partial charge in [0.15, 0.2) is 0 Å². The summed E-state index contributed by atoms with van der Waals surface area (Å²) in [4.78, 5) is 13.3. The van der Waals surface area contributed by atoms with Gasteiger partial charge in [0.05, 0.1) is 5.02 Å². The fourth-order valence-corrected chi connectivity index (χ4v) is 2.43. The summed E-state index contributed by atoms with van der Waals surface area (Å²) < 4.78 is 13.3. The molecule has 0 N–H and O–H groups in total. The Hall–Kier alpha value is -0.800. The summed E-state index contributed by atoms with van der Waals surface area (Å²) in [7, 11) is 0. The molecule has 0 saturated carbocycles. The Balaban J connectivity index is 2.24. The van der Waals surface area contributed by atoms with Crippen LogP contribution >= 0.6 is 23.2 Å². The number of halogens is 3. The third kappa shape index (κ3) is 2.55. The molecule has 5 heteroatoms. The number of amides is 1. The topological polar surface area (TPSA) is 20.3 Å². The normalized spacial score (nSPS) is 20.1. The van der Waals surface area contributed by atoms with Crippen LogP contribution in [0.4, 0.5) is 4.39 Å². The van der Waals surface area contributed by atoms with E-state index in [-0.39, 0.29) is 17.0 Å². The lowest BCUT2D eigenvalue weighted by Gasteiger charge is -2.22. The van der Waals surface area contributed by atoms with Gasteiger partial charge in [-0.1, -0.05) is 23.2 Å². The van der Waals surface area contributed by atoms with Crippen molar-refractivity contribution < 1.29 is 9.18 Å². The van der Waals surface area contributed by atoms with Crippen LogP contribution in [0.15, 0.2) is 12.1 Å². The Kier molecular flexibility index (Phi) is 3.59. The van der Waals surface area contributed by atoms with Gasteiger partial charge in [-0.25, -0.2) is 4.39 Å². The molecule has 1 heterocycles. The Labute approximate surface area is 109 Å². The van der Waals surface area contributed by atoms with Crippen molar-refractivity contribution in [2.24, 2.45) is 0 Å². The average molecular weight is 276 g/mol. The second-order valence-corrected chi connectivity index (χ2v) is 5.08. The van der Waals surface area contributed by atoms with E-state index in [0.29, 0.717) is 23.6 Å². The summed E-state index contributed by atoms with van der Waals surface area (Å²) in [5, 5.41) is 0.392. The molecule has 17 heavy (non-hydrogen) atoms. The van der Waals surface area contributed by atoms with E-state index < -0.39 is 5.82 Å². The van der Waals surface area contributed by atoms with Crippen molar-refractivity contribution in [1.82, 2.24) is 4.90 Å². The van der Waals surface area contributed by atoms with Crippen molar-refractivity contribution in [3.05, 3.63) is 33.6 Å². The lowest BCUT2D eigenvalue weighted by atomic mass is 10.2. The van der Waals surface area contributed by atoms with Gasteiger partial charge in [0.2, 0.25) is 5.91 Å². The maximum absolute atomic E-state index is 13.3. The fourth-order valence-electron chi connectivity index (χ4n) is 1.99. The van der Waals surface area contributed by atoms with Crippen molar-refractivity contribution in [2.75, 3.05) is 0 Å². The van der Waals surface area contributed by atoms with Gasteiger partial charge in [-0.2, -0.15) is 0 Å². The molecule has 0 aromatic heterocycles. The van der Waals surface area contributed by atoms with Gasteiger partial charge in [0.1, 0.15) is 5.82 Å². The van der Waals surface area contributed by atoms with E-state index in [2.05, 4.69) is 0 Å². The highest BCUT2D eigenvalue weighted by molar-refractivity contribution is 6.35.